The standard InChI is InChI=1S/C14H17NO4/c1-19-10-5-6-12(15-7-3-2-4-8-15)11(9-10)13(16)14(17)18/h5-6,9H,2-4,7-8H2,1H3,(H,17,18). The van der Waals surface area contributed by atoms with Crippen molar-refractivity contribution in [3.63, 3.8) is 0 Å². The van der Waals surface area contributed by atoms with Crippen molar-refractivity contribution in [2.45, 2.75) is 19.3 Å². The van der Waals surface area contributed by atoms with Crippen molar-refractivity contribution in [3.8, 4) is 5.75 Å². The molecule has 2 rings (SSSR count). The number of hydrogen-bond acceptors (Lipinski definition) is 4. The van der Waals surface area contributed by atoms with Crippen LogP contribution in [0.25, 0.3) is 0 Å². The SMILES string of the molecule is COc1ccc(N2CCCCC2)c(C(=O)C(=O)O)c1. The Bertz CT molecular complexity index is 492. The second-order valence-corrected chi connectivity index (χ2v) is 4.57. The van der Waals surface area contributed by atoms with Crippen molar-refractivity contribution in [2.75, 3.05) is 25.1 Å². The van der Waals surface area contributed by atoms with Crippen LogP contribution in [0.5, 0.6) is 5.75 Å². The summed E-state index contributed by atoms with van der Waals surface area (Å²) in [6.07, 6.45) is 3.30. The Morgan fingerprint density at radius 1 is 1.21 bits per heavy atom. The Kier molecular flexibility index (Phi) is 4.04. The highest BCUT2D eigenvalue weighted by Gasteiger charge is 2.23. The zero-order valence-electron chi connectivity index (χ0n) is 10.9. The monoisotopic (exact) mass is 263 g/mol. The number of piperidine rings is 1. The van der Waals surface area contributed by atoms with Crippen LogP contribution >= 0.6 is 0 Å². The van der Waals surface area contributed by atoms with E-state index in [0.29, 0.717) is 11.4 Å². The molecule has 1 N–H and O–H groups in total. The summed E-state index contributed by atoms with van der Waals surface area (Å²) >= 11 is 0. The highest BCUT2D eigenvalue weighted by atomic mass is 16.5. The predicted octanol–water partition coefficient (Wildman–Crippen LogP) is 1.95. The molecular weight excluding hydrogens is 246 g/mol. The number of anilines is 1. The normalized spacial score (nSPS) is 15.1. The third-order valence-corrected chi connectivity index (χ3v) is 3.34. The summed E-state index contributed by atoms with van der Waals surface area (Å²) in [5.74, 6) is -1.84. The molecule has 1 aromatic carbocycles. The van der Waals surface area contributed by atoms with Gasteiger partial charge in [-0.2, -0.15) is 0 Å². The molecule has 1 aliphatic rings. The molecule has 102 valence electrons. The first kappa shape index (κ1) is 13.4. The van der Waals surface area contributed by atoms with E-state index in [0.717, 1.165) is 25.9 Å². The van der Waals surface area contributed by atoms with Crippen molar-refractivity contribution in [2.24, 2.45) is 0 Å². The lowest BCUT2D eigenvalue weighted by molar-refractivity contribution is -0.131. The van der Waals surface area contributed by atoms with Gasteiger partial charge in [-0.15, -0.1) is 0 Å². The van der Waals surface area contributed by atoms with Gasteiger partial charge in [-0.05, 0) is 37.5 Å². The number of methoxy groups -OCH3 is 1. The van der Waals surface area contributed by atoms with Crippen molar-refractivity contribution in [3.05, 3.63) is 23.8 Å². The largest absolute Gasteiger partial charge is 0.497 e. The molecule has 0 atom stereocenters. The molecule has 0 bridgehead atoms. The molecule has 5 heteroatoms. The van der Waals surface area contributed by atoms with Gasteiger partial charge in [0, 0.05) is 18.8 Å². The lowest BCUT2D eigenvalue weighted by atomic mass is 10.0. The van der Waals surface area contributed by atoms with Crippen LogP contribution in [0.2, 0.25) is 0 Å². The number of rotatable bonds is 4. The summed E-state index contributed by atoms with van der Waals surface area (Å²) in [7, 11) is 1.49. The van der Waals surface area contributed by atoms with Crippen LogP contribution in [0.3, 0.4) is 0 Å². The fraction of sp³-hybridized carbons (Fsp3) is 0.429. The van der Waals surface area contributed by atoms with Gasteiger partial charge in [-0.25, -0.2) is 4.79 Å². The van der Waals surface area contributed by atoms with E-state index in [-0.39, 0.29) is 5.56 Å². The first-order valence-electron chi connectivity index (χ1n) is 6.34. The van der Waals surface area contributed by atoms with E-state index in [1.807, 2.05) is 0 Å². The predicted molar refractivity (Wildman–Crippen MR) is 71.0 cm³/mol. The summed E-state index contributed by atoms with van der Waals surface area (Å²) < 4.78 is 5.06. The van der Waals surface area contributed by atoms with Crippen LogP contribution in [0.4, 0.5) is 5.69 Å². The van der Waals surface area contributed by atoms with Gasteiger partial charge in [0.25, 0.3) is 5.78 Å². The highest BCUT2D eigenvalue weighted by Crippen LogP contribution is 2.28. The van der Waals surface area contributed by atoms with Gasteiger partial charge in [0.15, 0.2) is 0 Å². The van der Waals surface area contributed by atoms with Gasteiger partial charge in [0.2, 0.25) is 0 Å². The van der Waals surface area contributed by atoms with E-state index < -0.39 is 11.8 Å². The molecule has 5 nitrogen and oxygen atoms in total. The van der Waals surface area contributed by atoms with Crippen LogP contribution in [-0.4, -0.2) is 37.1 Å². The topological polar surface area (TPSA) is 66.8 Å². The molecule has 1 aliphatic heterocycles. The van der Waals surface area contributed by atoms with Crippen molar-refractivity contribution in [1.29, 1.82) is 0 Å². The zero-order chi connectivity index (χ0) is 13.8. The number of hydrogen-bond donors (Lipinski definition) is 1. The fourth-order valence-corrected chi connectivity index (χ4v) is 2.35. The van der Waals surface area contributed by atoms with E-state index in [1.54, 1.807) is 12.1 Å². The lowest BCUT2D eigenvalue weighted by Gasteiger charge is -2.30. The van der Waals surface area contributed by atoms with Crippen molar-refractivity contribution in [1.82, 2.24) is 0 Å². The minimum atomic E-state index is -1.44. The number of carboxylic acids is 1. The van der Waals surface area contributed by atoms with Gasteiger partial charge >= 0.3 is 5.97 Å². The van der Waals surface area contributed by atoms with Gasteiger partial charge in [0.05, 0.1) is 12.7 Å². The third kappa shape index (κ3) is 2.86. The molecule has 0 unspecified atom stereocenters. The van der Waals surface area contributed by atoms with Crippen molar-refractivity contribution < 1.29 is 19.4 Å². The lowest BCUT2D eigenvalue weighted by Crippen LogP contribution is -2.31. The van der Waals surface area contributed by atoms with Crippen molar-refractivity contribution >= 4 is 17.4 Å². The number of carboxylic acid groups (broad SMARTS) is 1. The van der Waals surface area contributed by atoms with Gasteiger partial charge in [-0.1, -0.05) is 0 Å². The second kappa shape index (κ2) is 5.73. The fourth-order valence-electron chi connectivity index (χ4n) is 2.35. The number of benzene rings is 1. The molecule has 0 radical (unpaired) electrons. The number of carbonyl (C=O) groups excluding carboxylic acids is 1. The summed E-state index contributed by atoms with van der Waals surface area (Å²) in [4.78, 5) is 24.8. The van der Waals surface area contributed by atoms with E-state index in [1.165, 1.54) is 19.6 Å². The number of nitrogens with zero attached hydrogens (tertiary/aromatic N) is 1. The van der Waals surface area contributed by atoms with E-state index in [2.05, 4.69) is 4.90 Å². The van der Waals surface area contributed by atoms with E-state index in [9.17, 15) is 9.59 Å². The second-order valence-electron chi connectivity index (χ2n) is 4.57. The minimum Gasteiger partial charge on any atom is -0.497 e. The average molecular weight is 263 g/mol. The summed E-state index contributed by atoms with van der Waals surface area (Å²) in [6.45, 7) is 1.71. The Balaban J connectivity index is 2.40. The number of carbonyl (C=O) groups is 2. The maximum atomic E-state index is 11.8. The maximum Gasteiger partial charge on any atom is 0.377 e. The number of aliphatic carboxylic acids is 1. The molecule has 0 spiro atoms. The first-order chi connectivity index (χ1) is 9.13. The van der Waals surface area contributed by atoms with Gasteiger partial charge in [-0.3, -0.25) is 4.79 Å². The molecule has 0 saturated carbocycles. The molecule has 0 aliphatic carbocycles. The molecular formula is C14H17NO4. The molecule has 1 heterocycles. The number of ether oxygens (including phenoxy) is 1. The Labute approximate surface area is 111 Å². The number of ketones is 1. The molecule has 1 saturated heterocycles. The molecule has 0 aromatic heterocycles. The molecule has 0 amide bonds. The first-order valence-corrected chi connectivity index (χ1v) is 6.34. The smallest absolute Gasteiger partial charge is 0.377 e. The summed E-state index contributed by atoms with van der Waals surface area (Å²) in [5.41, 5.74) is 0.890. The summed E-state index contributed by atoms with van der Waals surface area (Å²) in [6, 6.07) is 5.02. The van der Waals surface area contributed by atoms with Crippen LogP contribution in [0.1, 0.15) is 29.6 Å². The van der Waals surface area contributed by atoms with Gasteiger partial charge in [0.1, 0.15) is 5.75 Å². The Morgan fingerprint density at radius 2 is 1.89 bits per heavy atom. The van der Waals surface area contributed by atoms with Crippen LogP contribution in [0.15, 0.2) is 18.2 Å². The Hall–Kier alpha value is -2.04. The quantitative estimate of drug-likeness (QED) is 0.664. The summed E-state index contributed by atoms with van der Waals surface area (Å²) in [5, 5.41) is 8.91. The average Bonchev–Trinajstić information content (AvgIpc) is 2.46. The molecule has 19 heavy (non-hydrogen) atoms. The number of Topliss-reactive ketones (excluding diaryl/α,β-unsaturated/α-hetero) is 1. The maximum absolute atomic E-state index is 11.8. The third-order valence-electron chi connectivity index (χ3n) is 3.34. The highest BCUT2D eigenvalue weighted by molar-refractivity contribution is 6.41. The van der Waals surface area contributed by atoms with Crippen LogP contribution in [-0.2, 0) is 4.79 Å². The van der Waals surface area contributed by atoms with Gasteiger partial charge < -0.3 is 14.7 Å². The molecule has 1 fully saturated rings. The Morgan fingerprint density at radius 3 is 2.47 bits per heavy atom. The van der Waals surface area contributed by atoms with E-state index >= 15 is 0 Å². The van der Waals surface area contributed by atoms with Crippen LogP contribution in [0, 0.1) is 0 Å². The molecule has 1 aromatic rings. The van der Waals surface area contributed by atoms with E-state index in [4.69, 9.17) is 9.84 Å². The van der Waals surface area contributed by atoms with Crippen LogP contribution < -0.4 is 9.64 Å². The zero-order valence-corrected chi connectivity index (χ0v) is 10.9. The minimum absolute atomic E-state index is 0.203.